The van der Waals surface area contributed by atoms with Gasteiger partial charge in [0.25, 0.3) is 0 Å². The Hall–Kier alpha value is -1.62. The molecule has 1 aliphatic heterocycles. The summed E-state index contributed by atoms with van der Waals surface area (Å²) in [5, 5.41) is 3.01. The van der Waals surface area contributed by atoms with Gasteiger partial charge in [0.1, 0.15) is 0 Å². The highest BCUT2D eigenvalue weighted by atomic mass is 16.5. The van der Waals surface area contributed by atoms with E-state index in [1.807, 2.05) is 24.0 Å². The lowest BCUT2D eigenvalue weighted by molar-refractivity contribution is 0.107. The van der Waals surface area contributed by atoms with E-state index in [1.165, 1.54) is 0 Å². The Morgan fingerprint density at radius 1 is 1.48 bits per heavy atom. The zero-order chi connectivity index (χ0) is 15.1. The van der Waals surface area contributed by atoms with Crippen LogP contribution in [0.5, 0.6) is 0 Å². The molecule has 1 N–H and O–H groups in total. The number of nitrogens with zero attached hydrogens (tertiary/aromatic N) is 2. The molecule has 116 valence electrons. The zero-order valence-corrected chi connectivity index (χ0v) is 12.9. The monoisotopic (exact) mass is 291 g/mol. The van der Waals surface area contributed by atoms with Gasteiger partial charge in [-0.15, -0.1) is 0 Å². The Labute approximate surface area is 126 Å². The smallest absolute Gasteiger partial charge is 0.317 e. The number of carbonyl (C=O) groups is 1. The van der Waals surface area contributed by atoms with E-state index in [-0.39, 0.29) is 18.2 Å². The lowest BCUT2D eigenvalue weighted by Crippen LogP contribution is -2.44. The van der Waals surface area contributed by atoms with Gasteiger partial charge < -0.3 is 15.0 Å². The number of carbonyl (C=O) groups excluding carboxylic acids is 1. The second kappa shape index (κ2) is 7.98. The van der Waals surface area contributed by atoms with E-state index in [2.05, 4.69) is 17.2 Å². The van der Waals surface area contributed by atoms with Crippen LogP contribution in [-0.2, 0) is 4.74 Å². The number of aromatic nitrogens is 1. The first-order valence-electron chi connectivity index (χ1n) is 7.82. The molecular weight excluding hydrogens is 266 g/mol. The molecule has 2 heterocycles. The van der Waals surface area contributed by atoms with Gasteiger partial charge in [0, 0.05) is 32.1 Å². The molecule has 2 rings (SSSR count). The summed E-state index contributed by atoms with van der Waals surface area (Å²) >= 11 is 0. The number of urea groups is 1. The third-order valence-corrected chi connectivity index (χ3v) is 3.96. The van der Waals surface area contributed by atoms with E-state index in [9.17, 15) is 4.79 Å². The van der Waals surface area contributed by atoms with Gasteiger partial charge in [0.2, 0.25) is 0 Å². The highest BCUT2D eigenvalue weighted by Gasteiger charge is 2.23. The molecule has 1 saturated heterocycles. The standard InChI is InChI=1S/C16H25N3O2/c1-3-15(13-7-9-17-10-8-13)19(4-2)16(20)18-12-14-6-5-11-21-14/h7-10,14-15H,3-6,11-12H2,1-2H3,(H,18,20)/t14-,15-/m0/s1. The Kier molecular flexibility index (Phi) is 5.99. The van der Waals surface area contributed by atoms with Gasteiger partial charge in [-0.3, -0.25) is 4.98 Å². The molecule has 0 bridgehead atoms. The molecule has 0 unspecified atom stereocenters. The van der Waals surface area contributed by atoms with E-state index in [4.69, 9.17) is 4.74 Å². The third-order valence-electron chi connectivity index (χ3n) is 3.96. The predicted molar refractivity (Wildman–Crippen MR) is 82.0 cm³/mol. The van der Waals surface area contributed by atoms with Crippen molar-refractivity contribution >= 4 is 6.03 Å². The quantitative estimate of drug-likeness (QED) is 0.877. The maximum atomic E-state index is 12.4. The van der Waals surface area contributed by atoms with Gasteiger partial charge >= 0.3 is 6.03 Å². The minimum atomic E-state index is -0.0170. The number of rotatable bonds is 6. The average Bonchev–Trinajstić information content (AvgIpc) is 3.04. The van der Waals surface area contributed by atoms with Crippen LogP contribution in [0.1, 0.15) is 44.7 Å². The van der Waals surface area contributed by atoms with E-state index >= 15 is 0 Å². The third kappa shape index (κ3) is 4.17. The molecule has 5 heteroatoms. The molecule has 0 aromatic carbocycles. The number of nitrogens with one attached hydrogen (secondary N) is 1. The molecule has 0 aliphatic carbocycles. The first kappa shape index (κ1) is 15.8. The minimum Gasteiger partial charge on any atom is -0.376 e. The predicted octanol–water partition coefficient (Wildman–Crippen LogP) is 2.74. The van der Waals surface area contributed by atoms with Crippen molar-refractivity contribution in [2.75, 3.05) is 19.7 Å². The number of amides is 2. The van der Waals surface area contributed by atoms with Crippen LogP contribution in [0.2, 0.25) is 0 Å². The minimum absolute atomic E-state index is 0.0170. The lowest BCUT2D eigenvalue weighted by Gasteiger charge is -2.31. The summed E-state index contributed by atoms with van der Waals surface area (Å²) in [5.74, 6) is 0. The summed E-state index contributed by atoms with van der Waals surface area (Å²) in [6.07, 6.45) is 6.73. The fraction of sp³-hybridized carbons (Fsp3) is 0.625. The average molecular weight is 291 g/mol. The molecule has 1 aromatic heterocycles. The van der Waals surface area contributed by atoms with Gasteiger partial charge in [-0.1, -0.05) is 6.92 Å². The maximum absolute atomic E-state index is 12.4. The first-order chi connectivity index (χ1) is 10.3. The number of hydrogen-bond acceptors (Lipinski definition) is 3. The van der Waals surface area contributed by atoms with Crippen molar-refractivity contribution in [2.24, 2.45) is 0 Å². The molecule has 1 aromatic rings. The second-order valence-electron chi connectivity index (χ2n) is 5.31. The molecule has 1 aliphatic rings. The van der Waals surface area contributed by atoms with Crippen molar-refractivity contribution < 1.29 is 9.53 Å². The number of hydrogen-bond donors (Lipinski definition) is 1. The summed E-state index contributed by atoms with van der Waals surface area (Å²) in [6, 6.07) is 4.02. The van der Waals surface area contributed by atoms with Gasteiger partial charge in [0.15, 0.2) is 0 Å². The topological polar surface area (TPSA) is 54.5 Å². The Balaban J connectivity index is 1.97. The van der Waals surface area contributed by atoms with Crippen molar-refractivity contribution in [3.8, 4) is 0 Å². The molecule has 0 saturated carbocycles. The summed E-state index contributed by atoms with van der Waals surface area (Å²) in [5.41, 5.74) is 1.13. The second-order valence-corrected chi connectivity index (χ2v) is 5.31. The summed E-state index contributed by atoms with van der Waals surface area (Å²) in [7, 11) is 0. The lowest BCUT2D eigenvalue weighted by atomic mass is 10.0. The van der Waals surface area contributed by atoms with Crippen molar-refractivity contribution in [3.05, 3.63) is 30.1 Å². The zero-order valence-electron chi connectivity index (χ0n) is 12.9. The molecule has 0 spiro atoms. The van der Waals surface area contributed by atoms with E-state index in [0.717, 1.165) is 31.4 Å². The molecule has 21 heavy (non-hydrogen) atoms. The van der Waals surface area contributed by atoms with Gasteiger partial charge in [-0.2, -0.15) is 0 Å². The Morgan fingerprint density at radius 3 is 2.81 bits per heavy atom. The first-order valence-corrected chi connectivity index (χ1v) is 7.82. The molecule has 0 radical (unpaired) electrons. The van der Waals surface area contributed by atoms with Crippen molar-refractivity contribution in [2.45, 2.75) is 45.3 Å². The molecule has 1 fully saturated rings. The maximum Gasteiger partial charge on any atom is 0.317 e. The summed E-state index contributed by atoms with van der Waals surface area (Å²) < 4.78 is 5.55. The van der Waals surface area contributed by atoms with Crippen LogP contribution in [0.15, 0.2) is 24.5 Å². The van der Waals surface area contributed by atoms with E-state index < -0.39 is 0 Å². The highest BCUT2D eigenvalue weighted by molar-refractivity contribution is 5.74. The van der Waals surface area contributed by atoms with Crippen LogP contribution < -0.4 is 5.32 Å². The van der Waals surface area contributed by atoms with Crippen LogP contribution in [-0.4, -0.2) is 41.7 Å². The van der Waals surface area contributed by atoms with Crippen LogP contribution in [0.25, 0.3) is 0 Å². The summed E-state index contributed by atoms with van der Waals surface area (Å²) in [6.45, 7) is 6.20. The molecule has 2 atom stereocenters. The fourth-order valence-electron chi connectivity index (χ4n) is 2.84. The summed E-state index contributed by atoms with van der Waals surface area (Å²) in [4.78, 5) is 18.4. The Morgan fingerprint density at radius 2 is 2.24 bits per heavy atom. The van der Waals surface area contributed by atoms with Crippen molar-refractivity contribution in [1.82, 2.24) is 15.2 Å². The molecular formula is C16H25N3O2. The highest BCUT2D eigenvalue weighted by Crippen LogP contribution is 2.23. The van der Waals surface area contributed by atoms with Crippen LogP contribution >= 0.6 is 0 Å². The van der Waals surface area contributed by atoms with Crippen molar-refractivity contribution in [3.63, 3.8) is 0 Å². The SMILES string of the molecule is CC[C@@H](c1ccncc1)N(CC)C(=O)NC[C@@H]1CCCO1. The number of pyridine rings is 1. The fourth-order valence-corrected chi connectivity index (χ4v) is 2.84. The van der Waals surface area contributed by atoms with Crippen LogP contribution in [0.4, 0.5) is 4.79 Å². The Bertz CT molecular complexity index is 432. The molecule has 2 amide bonds. The largest absolute Gasteiger partial charge is 0.376 e. The van der Waals surface area contributed by atoms with Gasteiger partial charge in [-0.05, 0) is 43.9 Å². The molecule has 5 nitrogen and oxygen atoms in total. The normalized spacial score (nSPS) is 19.2. The van der Waals surface area contributed by atoms with Gasteiger partial charge in [-0.25, -0.2) is 4.79 Å². The van der Waals surface area contributed by atoms with Crippen molar-refractivity contribution in [1.29, 1.82) is 0 Å². The van der Waals surface area contributed by atoms with Crippen LogP contribution in [0, 0.1) is 0 Å². The number of ether oxygens (including phenoxy) is 1. The van der Waals surface area contributed by atoms with E-state index in [1.54, 1.807) is 12.4 Å². The van der Waals surface area contributed by atoms with Gasteiger partial charge in [0.05, 0.1) is 12.1 Å². The van der Waals surface area contributed by atoms with Crippen LogP contribution in [0.3, 0.4) is 0 Å². The van der Waals surface area contributed by atoms with E-state index in [0.29, 0.717) is 13.1 Å².